The fourth-order valence-electron chi connectivity index (χ4n) is 2.79. The maximum atomic E-state index is 4.80. The summed E-state index contributed by atoms with van der Waals surface area (Å²) in [4.78, 5) is 4.34. The standard InChI is InChI=1S/C15H19NS/c1-11(2)13-8-5-9-14(15(13)16-10-17)12-6-3-4-7-12/h5,8-9,11-12H,3-4,6-7H2,1-2H3. The van der Waals surface area contributed by atoms with E-state index >= 15 is 0 Å². The molecular formula is C15H19NS. The van der Waals surface area contributed by atoms with Gasteiger partial charge in [-0.3, -0.25) is 0 Å². The highest BCUT2D eigenvalue weighted by molar-refractivity contribution is 7.78. The first-order chi connectivity index (χ1) is 8.24. The summed E-state index contributed by atoms with van der Waals surface area (Å²) in [5, 5.41) is 2.55. The molecule has 2 heteroatoms. The largest absolute Gasteiger partial charge is 0.194 e. The van der Waals surface area contributed by atoms with Gasteiger partial charge in [-0.25, -0.2) is 0 Å². The second kappa shape index (κ2) is 5.57. The Morgan fingerprint density at radius 3 is 2.59 bits per heavy atom. The van der Waals surface area contributed by atoms with E-state index in [2.05, 4.69) is 42.2 Å². The molecule has 2 rings (SSSR count). The van der Waals surface area contributed by atoms with Crippen LogP contribution >= 0.6 is 12.2 Å². The molecule has 0 aliphatic heterocycles. The van der Waals surface area contributed by atoms with Crippen LogP contribution in [0.2, 0.25) is 0 Å². The van der Waals surface area contributed by atoms with E-state index in [0.29, 0.717) is 11.8 Å². The van der Waals surface area contributed by atoms with Crippen molar-refractivity contribution < 1.29 is 0 Å². The third-order valence-corrected chi connectivity index (χ3v) is 3.76. The summed E-state index contributed by atoms with van der Waals surface area (Å²) < 4.78 is 0. The lowest BCUT2D eigenvalue weighted by Crippen LogP contribution is -1.97. The number of thiocarbonyl (C=S) groups is 1. The number of hydrogen-bond acceptors (Lipinski definition) is 2. The summed E-state index contributed by atoms with van der Waals surface area (Å²) >= 11 is 4.80. The third-order valence-electron chi connectivity index (χ3n) is 3.67. The van der Waals surface area contributed by atoms with Gasteiger partial charge in [0.25, 0.3) is 0 Å². The van der Waals surface area contributed by atoms with Gasteiger partial charge in [-0.05, 0) is 48.0 Å². The van der Waals surface area contributed by atoms with E-state index in [-0.39, 0.29) is 0 Å². The molecule has 0 aromatic heterocycles. The van der Waals surface area contributed by atoms with E-state index < -0.39 is 0 Å². The van der Waals surface area contributed by atoms with Gasteiger partial charge in [-0.2, -0.15) is 4.99 Å². The van der Waals surface area contributed by atoms with Crippen molar-refractivity contribution in [3.63, 3.8) is 0 Å². The number of aliphatic imine (C=N–C) groups is 1. The summed E-state index contributed by atoms with van der Waals surface area (Å²) in [6.45, 7) is 4.41. The van der Waals surface area contributed by atoms with E-state index in [1.807, 2.05) is 0 Å². The van der Waals surface area contributed by atoms with Crippen LogP contribution in [-0.4, -0.2) is 5.16 Å². The average molecular weight is 245 g/mol. The maximum Gasteiger partial charge on any atom is 0.0808 e. The van der Waals surface area contributed by atoms with Crippen molar-refractivity contribution in [2.45, 2.75) is 51.4 Å². The molecule has 0 amide bonds. The van der Waals surface area contributed by atoms with Crippen LogP contribution in [0.25, 0.3) is 0 Å². The molecule has 1 fully saturated rings. The Morgan fingerprint density at radius 2 is 2.00 bits per heavy atom. The summed E-state index contributed by atoms with van der Waals surface area (Å²) in [5.41, 5.74) is 3.77. The monoisotopic (exact) mass is 245 g/mol. The van der Waals surface area contributed by atoms with Crippen LogP contribution in [0.5, 0.6) is 0 Å². The zero-order valence-corrected chi connectivity index (χ0v) is 11.4. The zero-order chi connectivity index (χ0) is 12.3. The summed E-state index contributed by atoms with van der Waals surface area (Å²) in [6, 6.07) is 6.54. The van der Waals surface area contributed by atoms with Crippen molar-refractivity contribution in [2.24, 2.45) is 4.99 Å². The number of benzene rings is 1. The van der Waals surface area contributed by atoms with Crippen LogP contribution in [0.3, 0.4) is 0 Å². The van der Waals surface area contributed by atoms with Crippen molar-refractivity contribution in [3.8, 4) is 0 Å². The van der Waals surface area contributed by atoms with Crippen molar-refractivity contribution >= 4 is 23.1 Å². The summed E-state index contributed by atoms with van der Waals surface area (Å²) in [5.74, 6) is 1.16. The molecule has 0 N–H and O–H groups in total. The van der Waals surface area contributed by atoms with Gasteiger partial charge in [0.15, 0.2) is 0 Å². The predicted octanol–water partition coefficient (Wildman–Crippen LogP) is 5.20. The molecule has 1 aliphatic rings. The lowest BCUT2D eigenvalue weighted by molar-refractivity contribution is 0.720. The lowest BCUT2D eigenvalue weighted by Gasteiger charge is -2.17. The number of isothiocyanates is 1. The molecule has 1 aromatic carbocycles. The first kappa shape index (κ1) is 12.5. The van der Waals surface area contributed by atoms with Gasteiger partial charge in [0, 0.05) is 0 Å². The molecule has 0 radical (unpaired) electrons. The molecular weight excluding hydrogens is 226 g/mol. The van der Waals surface area contributed by atoms with E-state index in [9.17, 15) is 0 Å². The average Bonchev–Trinajstić information content (AvgIpc) is 2.83. The first-order valence-corrected chi connectivity index (χ1v) is 6.85. The topological polar surface area (TPSA) is 12.4 Å². The van der Waals surface area contributed by atoms with Crippen LogP contribution in [0, 0.1) is 0 Å². The van der Waals surface area contributed by atoms with Crippen LogP contribution in [-0.2, 0) is 0 Å². The molecule has 0 spiro atoms. The highest BCUT2D eigenvalue weighted by atomic mass is 32.1. The molecule has 0 unspecified atom stereocenters. The van der Waals surface area contributed by atoms with Crippen LogP contribution in [0.1, 0.15) is 62.5 Å². The van der Waals surface area contributed by atoms with Crippen molar-refractivity contribution in [2.75, 3.05) is 0 Å². The van der Waals surface area contributed by atoms with Gasteiger partial charge < -0.3 is 0 Å². The van der Waals surface area contributed by atoms with Crippen molar-refractivity contribution in [1.29, 1.82) is 0 Å². The van der Waals surface area contributed by atoms with E-state index in [0.717, 1.165) is 5.69 Å². The number of rotatable bonds is 3. The molecule has 0 heterocycles. The Labute approximate surface area is 109 Å². The van der Waals surface area contributed by atoms with Gasteiger partial charge in [0.1, 0.15) is 0 Å². The Morgan fingerprint density at radius 1 is 1.29 bits per heavy atom. The normalized spacial score (nSPS) is 16.2. The van der Waals surface area contributed by atoms with Gasteiger partial charge in [-0.15, -0.1) is 0 Å². The molecule has 1 saturated carbocycles. The summed E-state index contributed by atoms with van der Waals surface area (Å²) in [6.07, 6.45) is 5.28. The second-order valence-electron chi connectivity index (χ2n) is 5.12. The van der Waals surface area contributed by atoms with Crippen LogP contribution in [0.15, 0.2) is 23.2 Å². The van der Waals surface area contributed by atoms with Crippen molar-refractivity contribution in [3.05, 3.63) is 29.3 Å². The minimum Gasteiger partial charge on any atom is -0.194 e. The molecule has 1 aromatic rings. The SMILES string of the molecule is CC(C)c1cccc(C2CCCC2)c1N=C=S. The quantitative estimate of drug-likeness (QED) is 0.526. The van der Waals surface area contributed by atoms with Gasteiger partial charge in [-0.1, -0.05) is 44.9 Å². The lowest BCUT2D eigenvalue weighted by atomic mass is 9.90. The zero-order valence-electron chi connectivity index (χ0n) is 10.6. The minimum absolute atomic E-state index is 0.485. The Balaban J connectivity index is 2.49. The fourth-order valence-corrected chi connectivity index (χ4v) is 2.88. The highest BCUT2D eigenvalue weighted by Gasteiger charge is 2.21. The smallest absolute Gasteiger partial charge is 0.0808 e. The number of nitrogens with zero attached hydrogens (tertiary/aromatic N) is 1. The Bertz CT molecular complexity index is 438. The highest BCUT2D eigenvalue weighted by Crippen LogP contribution is 2.41. The Hall–Kier alpha value is -0.980. The molecule has 0 saturated heterocycles. The molecule has 0 bridgehead atoms. The van der Waals surface area contributed by atoms with Gasteiger partial charge in [0.05, 0.1) is 10.8 Å². The summed E-state index contributed by atoms with van der Waals surface area (Å²) in [7, 11) is 0. The first-order valence-electron chi connectivity index (χ1n) is 6.44. The minimum atomic E-state index is 0.485. The molecule has 17 heavy (non-hydrogen) atoms. The molecule has 0 atom stereocenters. The van der Waals surface area contributed by atoms with Gasteiger partial charge >= 0.3 is 0 Å². The van der Waals surface area contributed by atoms with E-state index in [1.165, 1.54) is 36.8 Å². The third kappa shape index (κ3) is 2.65. The van der Waals surface area contributed by atoms with Crippen LogP contribution < -0.4 is 0 Å². The molecule has 90 valence electrons. The molecule has 1 aliphatic carbocycles. The van der Waals surface area contributed by atoms with Crippen LogP contribution in [0.4, 0.5) is 5.69 Å². The maximum absolute atomic E-state index is 4.80. The number of para-hydroxylation sites is 1. The predicted molar refractivity (Wildman–Crippen MR) is 76.4 cm³/mol. The number of hydrogen-bond donors (Lipinski definition) is 0. The fraction of sp³-hybridized carbons (Fsp3) is 0.533. The van der Waals surface area contributed by atoms with E-state index in [1.54, 1.807) is 0 Å². The van der Waals surface area contributed by atoms with E-state index in [4.69, 9.17) is 12.2 Å². The van der Waals surface area contributed by atoms with Crippen molar-refractivity contribution in [1.82, 2.24) is 0 Å². The molecule has 1 nitrogen and oxygen atoms in total. The second-order valence-corrected chi connectivity index (χ2v) is 5.31. The Kier molecular flexibility index (Phi) is 4.09. The van der Waals surface area contributed by atoms with Gasteiger partial charge in [0.2, 0.25) is 0 Å².